The standard InChI is InChI=1S/C11H12N4O2/c1-7-3-4-8(5-10(7)15(16)17)9-6-11(12)14(2)13-9/h3-6H,12H2,1-2H3. The van der Waals surface area contributed by atoms with Crippen LogP contribution in [0.1, 0.15) is 5.56 Å². The molecule has 0 fully saturated rings. The first-order chi connectivity index (χ1) is 7.99. The van der Waals surface area contributed by atoms with Crippen molar-refractivity contribution >= 4 is 11.5 Å². The van der Waals surface area contributed by atoms with Crippen LogP contribution in [0.15, 0.2) is 24.3 Å². The lowest BCUT2D eigenvalue weighted by atomic mass is 10.1. The minimum atomic E-state index is -0.398. The first-order valence-corrected chi connectivity index (χ1v) is 5.04. The highest BCUT2D eigenvalue weighted by atomic mass is 16.6. The van der Waals surface area contributed by atoms with Crippen molar-refractivity contribution in [3.8, 4) is 11.3 Å². The number of anilines is 1. The zero-order valence-corrected chi connectivity index (χ0v) is 9.54. The van der Waals surface area contributed by atoms with Gasteiger partial charge in [-0.1, -0.05) is 12.1 Å². The van der Waals surface area contributed by atoms with Crippen molar-refractivity contribution in [3.63, 3.8) is 0 Å². The van der Waals surface area contributed by atoms with Crippen molar-refractivity contribution in [2.24, 2.45) is 7.05 Å². The van der Waals surface area contributed by atoms with Gasteiger partial charge in [0.15, 0.2) is 0 Å². The maximum Gasteiger partial charge on any atom is 0.272 e. The molecule has 0 aliphatic rings. The van der Waals surface area contributed by atoms with E-state index in [9.17, 15) is 10.1 Å². The van der Waals surface area contributed by atoms with Crippen molar-refractivity contribution < 1.29 is 4.92 Å². The lowest BCUT2D eigenvalue weighted by Crippen LogP contribution is -1.96. The van der Waals surface area contributed by atoms with Crippen LogP contribution in [-0.2, 0) is 7.05 Å². The van der Waals surface area contributed by atoms with Gasteiger partial charge in [-0.25, -0.2) is 0 Å². The van der Waals surface area contributed by atoms with Gasteiger partial charge in [0, 0.05) is 30.3 Å². The molecular weight excluding hydrogens is 220 g/mol. The van der Waals surface area contributed by atoms with Gasteiger partial charge in [0.05, 0.1) is 10.6 Å². The predicted molar refractivity (Wildman–Crippen MR) is 64.4 cm³/mol. The van der Waals surface area contributed by atoms with Crippen molar-refractivity contribution in [3.05, 3.63) is 39.9 Å². The van der Waals surface area contributed by atoms with Gasteiger partial charge in [-0.15, -0.1) is 0 Å². The van der Waals surface area contributed by atoms with Gasteiger partial charge in [-0.3, -0.25) is 14.8 Å². The molecule has 6 heteroatoms. The Hall–Kier alpha value is -2.37. The molecule has 2 aromatic rings. The third kappa shape index (κ3) is 1.96. The van der Waals surface area contributed by atoms with E-state index in [1.807, 2.05) is 0 Å². The van der Waals surface area contributed by atoms with Crippen LogP contribution in [0.3, 0.4) is 0 Å². The van der Waals surface area contributed by atoms with Crippen molar-refractivity contribution in [1.29, 1.82) is 0 Å². The number of hydrogen-bond donors (Lipinski definition) is 1. The number of nitrogen functional groups attached to an aromatic ring is 1. The summed E-state index contributed by atoms with van der Waals surface area (Å²) in [6.45, 7) is 1.70. The van der Waals surface area contributed by atoms with Crippen LogP contribution in [0.2, 0.25) is 0 Å². The number of aryl methyl sites for hydroxylation is 2. The van der Waals surface area contributed by atoms with Crippen LogP contribution in [-0.4, -0.2) is 14.7 Å². The smallest absolute Gasteiger partial charge is 0.272 e. The molecule has 1 aromatic carbocycles. The molecule has 1 aromatic heterocycles. The molecular formula is C11H12N4O2. The molecule has 0 aliphatic heterocycles. The summed E-state index contributed by atoms with van der Waals surface area (Å²) >= 11 is 0. The van der Waals surface area contributed by atoms with E-state index in [0.29, 0.717) is 22.6 Å². The number of benzene rings is 1. The van der Waals surface area contributed by atoms with Crippen LogP contribution in [0.5, 0.6) is 0 Å². The number of aromatic nitrogens is 2. The molecule has 0 aliphatic carbocycles. The summed E-state index contributed by atoms with van der Waals surface area (Å²) in [6.07, 6.45) is 0. The Morgan fingerprint density at radius 1 is 1.41 bits per heavy atom. The summed E-state index contributed by atoms with van der Waals surface area (Å²) in [5.74, 6) is 0.517. The van der Waals surface area contributed by atoms with E-state index in [1.54, 1.807) is 32.2 Å². The number of nitrogens with zero attached hydrogens (tertiary/aromatic N) is 3. The van der Waals surface area contributed by atoms with E-state index >= 15 is 0 Å². The Balaban J connectivity index is 2.53. The average Bonchev–Trinajstić information content (AvgIpc) is 2.59. The van der Waals surface area contributed by atoms with Gasteiger partial charge < -0.3 is 5.73 Å². The molecule has 1 heterocycles. The van der Waals surface area contributed by atoms with Gasteiger partial charge in [0.2, 0.25) is 0 Å². The molecule has 6 nitrogen and oxygen atoms in total. The molecule has 0 saturated carbocycles. The minimum absolute atomic E-state index is 0.0896. The Labute approximate surface area is 97.8 Å². The van der Waals surface area contributed by atoms with E-state index in [4.69, 9.17) is 5.73 Å². The highest BCUT2D eigenvalue weighted by Gasteiger charge is 2.13. The molecule has 0 radical (unpaired) electrons. The molecule has 88 valence electrons. The van der Waals surface area contributed by atoms with Gasteiger partial charge >= 0.3 is 0 Å². The minimum Gasteiger partial charge on any atom is -0.384 e. The maximum absolute atomic E-state index is 10.8. The number of rotatable bonds is 2. The summed E-state index contributed by atoms with van der Waals surface area (Å²) in [5.41, 5.74) is 7.71. The Morgan fingerprint density at radius 2 is 2.12 bits per heavy atom. The predicted octanol–water partition coefficient (Wildman–Crippen LogP) is 1.89. The summed E-state index contributed by atoms with van der Waals surface area (Å²) < 4.78 is 1.53. The molecule has 0 spiro atoms. The molecule has 17 heavy (non-hydrogen) atoms. The summed E-state index contributed by atoms with van der Waals surface area (Å²) in [6, 6.07) is 6.70. The summed E-state index contributed by atoms with van der Waals surface area (Å²) in [7, 11) is 1.72. The number of nitro benzene ring substituents is 1. The molecule has 2 N–H and O–H groups in total. The van der Waals surface area contributed by atoms with Gasteiger partial charge in [0.1, 0.15) is 5.82 Å². The molecule has 0 amide bonds. The summed E-state index contributed by atoms with van der Waals surface area (Å²) in [5, 5.41) is 15.0. The van der Waals surface area contributed by atoms with Crippen LogP contribution in [0.4, 0.5) is 11.5 Å². The van der Waals surface area contributed by atoms with Crippen molar-refractivity contribution in [2.45, 2.75) is 6.92 Å². The van der Waals surface area contributed by atoms with Crippen molar-refractivity contribution in [2.75, 3.05) is 5.73 Å². The van der Waals surface area contributed by atoms with E-state index in [1.165, 1.54) is 10.7 Å². The van der Waals surface area contributed by atoms with Gasteiger partial charge in [-0.05, 0) is 6.92 Å². The molecule has 0 bridgehead atoms. The lowest BCUT2D eigenvalue weighted by Gasteiger charge is -1.99. The third-order valence-electron chi connectivity index (χ3n) is 2.62. The fourth-order valence-electron chi connectivity index (χ4n) is 1.59. The normalized spacial score (nSPS) is 10.5. The van der Waals surface area contributed by atoms with Crippen LogP contribution in [0.25, 0.3) is 11.3 Å². The van der Waals surface area contributed by atoms with E-state index in [2.05, 4.69) is 5.10 Å². The molecule has 2 rings (SSSR count). The average molecular weight is 232 g/mol. The molecule has 0 saturated heterocycles. The summed E-state index contributed by atoms with van der Waals surface area (Å²) in [4.78, 5) is 10.4. The maximum atomic E-state index is 10.8. The van der Waals surface area contributed by atoms with Crippen LogP contribution >= 0.6 is 0 Å². The Bertz CT molecular complexity index is 570. The molecule has 0 atom stereocenters. The largest absolute Gasteiger partial charge is 0.384 e. The van der Waals surface area contributed by atoms with Crippen LogP contribution < -0.4 is 5.73 Å². The zero-order chi connectivity index (χ0) is 12.6. The second-order valence-electron chi connectivity index (χ2n) is 3.84. The highest BCUT2D eigenvalue weighted by Crippen LogP contribution is 2.26. The lowest BCUT2D eigenvalue weighted by molar-refractivity contribution is -0.385. The fraction of sp³-hybridized carbons (Fsp3) is 0.182. The monoisotopic (exact) mass is 232 g/mol. The zero-order valence-electron chi connectivity index (χ0n) is 9.54. The number of nitrogens with two attached hydrogens (primary N) is 1. The quantitative estimate of drug-likeness (QED) is 0.632. The Morgan fingerprint density at radius 3 is 2.65 bits per heavy atom. The molecule has 0 unspecified atom stereocenters. The topological polar surface area (TPSA) is 87.0 Å². The number of nitro groups is 1. The van der Waals surface area contributed by atoms with Gasteiger partial charge in [0.25, 0.3) is 5.69 Å². The van der Waals surface area contributed by atoms with Crippen molar-refractivity contribution in [1.82, 2.24) is 9.78 Å². The van der Waals surface area contributed by atoms with E-state index in [-0.39, 0.29) is 5.69 Å². The van der Waals surface area contributed by atoms with Gasteiger partial charge in [-0.2, -0.15) is 5.10 Å². The Kier molecular flexibility index (Phi) is 2.55. The number of hydrogen-bond acceptors (Lipinski definition) is 4. The first-order valence-electron chi connectivity index (χ1n) is 5.04. The van der Waals surface area contributed by atoms with Crippen LogP contribution in [0, 0.1) is 17.0 Å². The SMILES string of the molecule is Cc1ccc(-c2cc(N)n(C)n2)cc1[N+](=O)[O-]. The fourth-order valence-corrected chi connectivity index (χ4v) is 1.59. The second-order valence-corrected chi connectivity index (χ2v) is 3.84. The highest BCUT2D eigenvalue weighted by molar-refractivity contribution is 5.66. The first kappa shape index (κ1) is 11.1. The second kappa shape index (κ2) is 3.89. The van der Waals surface area contributed by atoms with E-state index < -0.39 is 4.92 Å². The third-order valence-corrected chi connectivity index (χ3v) is 2.62. The van der Waals surface area contributed by atoms with E-state index in [0.717, 1.165) is 0 Å².